The molecule has 0 saturated heterocycles. The van der Waals surface area contributed by atoms with Crippen molar-refractivity contribution in [2.24, 2.45) is 0 Å². The highest BCUT2D eigenvalue weighted by molar-refractivity contribution is 7.08. The molecule has 0 spiro atoms. The number of carbonyl (C=O) groups excluding carboxylic acids is 1. The normalized spacial score (nSPS) is 10.5. The van der Waals surface area contributed by atoms with E-state index in [1.165, 1.54) is 12.3 Å². The van der Waals surface area contributed by atoms with Gasteiger partial charge in [0, 0.05) is 11.4 Å². The van der Waals surface area contributed by atoms with Crippen molar-refractivity contribution in [3.05, 3.63) is 46.7 Å². The first kappa shape index (κ1) is 11.6. The molecule has 0 fully saturated rings. The zero-order valence-corrected chi connectivity index (χ0v) is 10.5. The Bertz CT molecular complexity index is 659. The first-order chi connectivity index (χ1) is 9.33. The summed E-state index contributed by atoms with van der Waals surface area (Å²) in [7, 11) is 0. The van der Waals surface area contributed by atoms with E-state index < -0.39 is 0 Å². The molecule has 8 heteroatoms. The average Bonchev–Trinajstić information content (AvgIpc) is 3.14. The van der Waals surface area contributed by atoms with E-state index in [4.69, 9.17) is 4.52 Å². The topological polar surface area (TPSA) is 85.8 Å². The molecule has 96 valence electrons. The van der Waals surface area contributed by atoms with E-state index in [1.54, 1.807) is 22.2 Å². The number of nitrogens with zero attached hydrogens (tertiary/aromatic N) is 4. The van der Waals surface area contributed by atoms with Gasteiger partial charge < -0.3 is 9.84 Å². The Labute approximate surface area is 111 Å². The summed E-state index contributed by atoms with van der Waals surface area (Å²) in [6, 6.07) is 3.44. The smallest absolute Gasteiger partial charge is 0.290 e. The summed E-state index contributed by atoms with van der Waals surface area (Å²) < 4.78 is 6.41. The van der Waals surface area contributed by atoms with Gasteiger partial charge in [-0.3, -0.25) is 4.79 Å². The van der Waals surface area contributed by atoms with Crippen molar-refractivity contribution < 1.29 is 9.32 Å². The van der Waals surface area contributed by atoms with Crippen molar-refractivity contribution >= 4 is 17.2 Å². The number of rotatable bonds is 4. The van der Waals surface area contributed by atoms with Crippen LogP contribution in [0.4, 0.5) is 0 Å². The zero-order valence-electron chi connectivity index (χ0n) is 9.68. The minimum atomic E-state index is -0.331. The number of amides is 1. The van der Waals surface area contributed by atoms with Crippen LogP contribution in [-0.2, 0) is 6.54 Å². The van der Waals surface area contributed by atoms with Gasteiger partial charge in [-0.25, -0.2) is 4.68 Å². The molecular weight excluding hydrogens is 266 g/mol. The van der Waals surface area contributed by atoms with E-state index in [1.807, 2.05) is 16.8 Å². The highest BCUT2D eigenvalue weighted by Gasteiger charge is 2.10. The molecule has 0 unspecified atom stereocenters. The maximum absolute atomic E-state index is 11.6. The summed E-state index contributed by atoms with van der Waals surface area (Å²) in [5, 5.41) is 18.0. The minimum absolute atomic E-state index is 0.172. The number of aromatic nitrogens is 4. The van der Waals surface area contributed by atoms with Crippen molar-refractivity contribution in [3.8, 4) is 5.69 Å². The molecule has 3 aromatic rings. The van der Waals surface area contributed by atoms with Gasteiger partial charge in [-0.1, -0.05) is 10.4 Å². The Morgan fingerprint density at radius 3 is 3.16 bits per heavy atom. The second-order valence-corrected chi connectivity index (χ2v) is 4.48. The van der Waals surface area contributed by atoms with Gasteiger partial charge in [-0.05, 0) is 11.4 Å². The lowest BCUT2D eigenvalue weighted by molar-refractivity contribution is 0.0913. The zero-order chi connectivity index (χ0) is 13.1. The maximum Gasteiger partial charge on any atom is 0.290 e. The molecule has 19 heavy (non-hydrogen) atoms. The Balaban J connectivity index is 1.63. The molecule has 1 N–H and O–H groups in total. The van der Waals surface area contributed by atoms with Crippen LogP contribution in [-0.4, -0.2) is 26.1 Å². The second kappa shape index (κ2) is 5.02. The molecule has 0 saturated carbocycles. The highest BCUT2D eigenvalue weighted by Crippen LogP contribution is 2.10. The van der Waals surface area contributed by atoms with Crippen LogP contribution >= 0.6 is 11.3 Å². The first-order valence-electron chi connectivity index (χ1n) is 5.45. The Kier molecular flexibility index (Phi) is 3.07. The van der Waals surface area contributed by atoms with Crippen molar-refractivity contribution in [2.45, 2.75) is 6.54 Å². The lowest BCUT2D eigenvalue weighted by atomic mass is 10.4. The van der Waals surface area contributed by atoms with Crippen LogP contribution in [0.25, 0.3) is 5.69 Å². The predicted octanol–water partition coefficient (Wildman–Crippen LogP) is 1.25. The second-order valence-electron chi connectivity index (χ2n) is 3.70. The Morgan fingerprint density at radius 1 is 1.47 bits per heavy atom. The summed E-state index contributed by atoms with van der Waals surface area (Å²) in [4.78, 5) is 11.6. The molecule has 7 nitrogen and oxygen atoms in total. The third kappa shape index (κ3) is 2.52. The van der Waals surface area contributed by atoms with E-state index >= 15 is 0 Å². The molecule has 3 aromatic heterocycles. The van der Waals surface area contributed by atoms with E-state index in [-0.39, 0.29) is 18.2 Å². The van der Waals surface area contributed by atoms with E-state index in [2.05, 4.69) is 20.8 Å². The molecule has 0 aliphatic rings. The van der Waals surface area contributed by atoms with Crippen LogP contribution < -0.4 is 5.32 Å². The monoisotopic (exact) mass is 275 g/mol. The summed E-state index contributed by atoms with van der Waals surface area (Å²) in [6.45, 7) is 0.281. The first-order valence-corrected chi connectivity index (χ1v) is 6.40. The molecule has 0 atom stereocenters. The fourth-order valence-electron chi connectivity index (χ4n) is 1.48. The molecule has 3 heterocycles. The van der Waals surface area contributed by atoms with Gasteiger partial charge in [-0.15, -0.1) is 5.10 Å². The minimum Gasteiger partial charge on any atom is -0.351 e. The summed E-state index contributed by atoms with van der Waals surface area (Å²) >= 11 is 1.58. The van der Waals surface area contributed by atoms with E-state index in [9.17, 15) is 4.79 Å². The number of thiophene rings is 1. The van der Waals surface area contributed by atoms with E-state index in [0.717, 1.165) is 5.69 Å². The molecule has 0 aliphatic carbocycles. The van der Waals surface area contributed by atoms with Gasteiger partial charge in [0.1, 0.15) is 5.69 Å². The molecule has 0 bridgehead atoms. The lowest BCUT2D eigenvalue weighted by Gasteiger charge is -1.98. The standard InChI is InChI=1S/C11H9N5O2S/c17-11(10-1-3-13-18-10)12-5-8-6-16(15-14-8)9-2-4-19-7-9/h1-4,6-7H,5H2,(H,12,17). The SMILES string of the molecule is O=C(NCc1cn(-c2ccsc2)nn1)c1ccno1. The van der Waals surface area contributed by atoms with Crippen LogP contribution in [0, 0.1) is 0 Å². The number of carbonyl (C=O) groups is 1. The number of hydrogen-bond donors (Lipinski definition) is 1. The van der Waals surface area contributed by atoms with Crippen LogP contribution in [0.3, 0.4) is 0 Å². The van der Waals surface area contributed by atoms with Gasteiger partial charge in [0.15, 0.2) is 0 Å². The molecular formula is C11H9N5O2S. The van der Waals surface area contributed by atoms with Gasteiger partial charge in [0.2, 0.25) is 5.76 Å². The maximum atomic E-state index is 11.6. The number of nitrogens with one attached hydrogen (secondary N) is 1. The summed E-state index contributed by atoms with van der Waals surface area (Å²) in [6.07, 6.45) is 3.19. The number of hydrogen-bond acceptors (Lipinski definition) is 6. The molecule has 1 amide bonds. The van der Waals surface area contributed by atoms with Gasteiger partial charge in [0.05, 0.1) is 24.6 Å². The van der Waals surface area contributed by atoms with Crippen LogP contribution in [0.15, 0.2) is 39.8 Å². The van der Waals surface area contributed by atoms with Gasteiger partial charge in [-0.2, -0.15) is 11.3 Å². The average molecular weight is 275 g/mol. The Morgan fingerprint density at radius 2 is 2.42 bits per heavy atom. The fraction of sp³-hybridized carbons (Fsp3) is 0.0909. The lowest BCUT2D eigenvalue weighted by Crippen LogP contribution is -2.22. The van der Waals surface area contributed by atoms with Crippen LogP contribution in [0.5, 0.6) is 0 Å². The quantitative estimate of drug-likeness (QED) is 0.774. The van der Waals surface area contributed by atoms with Crippen molar-refractivity contribution in [3.63, 3.8) is 0 Å². The summed E-state index contributed by atoms with van der Waals surface area (Å²) in [5.41, 5.74) is 1.62. The summed E-state index contributed by atoms with van der Waals surface area (Å²) in [5.74, 6) is -0.159. The van der Waals surface area contributed by atoms with E-state index in [0.29, 0.717) is 5.69 Å². The fourth-order valence-corrected chi connectivity index (χ4v) is 2.11. The van der Waals surface area contributed by atoms with Crippen molar-refractivity contribution in [2.75, 3.05) is 0 Å². The van der Waals surface area contributed by atoms with Crippen LogP contribution in [0.1, 0.15) is 16.2 Å². The third-order valence-corrected chi connectivity index (χ3v) is 3.07. The Hall–Kier alpha value is -2.48. The molecule has 3 rings (SSSR count). The molecule has 0 radical (unpaired) electrons. The van der Waals surface area contributed by atoms with Gasteiger partial charge in [0.25, 0.3) is 5.91 Å². The van der Waals surface area contributed by atoms with Gasteiger partial charge >= 0.3 is 0 Å². The third-order valence-electron chi connectivity index (χ3n) is 2.40. The highest BCUT2D eigenvalue weighted by atomic mass is 32.1. The van der Waals surface area contributed by atoms with Crippen molar-refractivity contribution in [1.29, 1.82) is 0 Å². The molecule has 0 aliphatic heterocycles. The van der Waals surface area contributed by atoms with Crippen molar-refractivity contribution in [1.82, 2.24) is 25.5 Å². The largest absolute Gasteiger partial charge is 0.351 e. The van der Waals surface area contributed by atoms with Crippen LogP contribution in [0.2, 0.25) is 0 Å². The predicted molar refractivity (Wildman–Crippen MR) is 66.9 cm³/mol. The molecule has 0 aromatic carbocycles.